The summed E-state index contributed by atoms with van der Waals surface area (Å²) in [6.07, 6.45) is 0. The van der Waals surface area contributed by atoms with Crippen LogP contribution in [0.1, 0.15) is 15.9 Å². The predicted molar refractivity (Wildman–Crippen MR) is 118 cm³/mol. The Morgan fingerprint density at radius 2 is 1.61 bits per heavy atom. The van der Waals surface area contributed by atoms with Crippen LogP contribution < -0.4 is 10.0 Å². The molecule has 3 aromatic rings. The van der Waals surface area contributed by atoms with Crippen LogP contribution >= 0.6 is 11.8 Å². The summed E-state index contributed by atoms with van der Waals surface area (Å²) >= 11 is 1.63. The van der Waals surface area contributed by atoms with Crippen molar-refractivity contribution in [3.8, 4) is 0 Å². The van der Waals surface area contributed by atoms with E-state index >= 15 is 0 Å². The Labute approximate surface area is 183 Å². The highest BCUT2D eigenvalue weighted by molar-refractivity contribution is 7.99. The molecule has 9 heteroatoms. The Balaban J connectivity index is 1.53. The van der Waals surface area contributed by atoms with Crippen molar-refractivity contribution in [2.24, 2.45) is 0 Å². The number of carbonyl (C=O) groups excluding carboxylic acids is 1. The molecular formula is C22H20F2N2O3S2. The van der Waals surface area contributed by atoms with Gasteiger partial charge in [-0.15, -0.1) is 11.8 Å². The molecule has 0 aromatic heterocycles. The molecule has 2 N–H and O–H groups in total. The molecule has 0 radical (unpaired) electrons. The van der Waals surface area contributed by atoms with Crippen molar-refractivity contribution in [2.75, 3.05) is 17.0 Å². The lowest BCUT2D eigenvalue weighted by Crippen LogP contribution is -2.25. The zero-order valence-corrected chi connectivity index (χ0v) is 18.2. The summed E-state index contributed by atoms with van der Waals surface area (Å²) in [6.45, 7) is 2.50. The topological polar surface area (TPSA) is 75.3 Å². The second-order valence-electron chi connectivity index (χ2n) is 6.68. The summed E-state index contributed by atoms with van der Waals surface area (Å²) in [5.41, 5.74) is 1.75. The van der Waals surface area contributed by atoms with Crippen LogP contribution in [0.25, 0.3) is 0 Å². The van der Waals surface area contributed by atoms with Gasteiger partial charge in [-0.25, -0.2) is 17.2 Å². The molecular weight excluding hydrogens is 442 g/mol. The summed E-state index contributed by atoms with van der Waals surface area (Å²) in [7, 11) is -4.09. The first-order chi connectivity index (χ1) is 14.7. The van der Waals surface area contributed by atoms with Crippen molar-refractivity contribution in [1.82, 2.24) is 5.32 Å². The molecule has 0 bridgehead atoms. The monoisotopic (exact) mass is 462 g/mol. The second-order valence-corrected chi connectivity index (χ2v) is 9.53. The average molecular weight is 463 g/mol. The molecule has 0 saturated heterocycles. The Bertz CT molecular complexity index is 1170. The highest BCUT2D eigenvalue weighted by Crippen LogP contribution is 2.19. The fraction of sp³-hybridized carbons (Fsp3) is 0.136. The van der Waals surface area contributed by atoms with Crippen LogP contribution in [0, 0.1) is 18.6 Å². The Kier molecular flexibility index (Phi) is 7.29. The lowest BCUT2D eigenvalue weighted by molar-refractivity contribution is 0.0956. The first kappa shape index (κ1) is 22.8. The van der Waals surface area contributed by atoms with Crippen molar-refractivity contribution in [3.63, 3.8) is 0 Å². The van der Waals surface area contributed by atoms with Crippen LogP contribution in [0.15, 0.2) is 76.5 Å². The number of nitrogens with one attached hydrogen (secondary N) is 2. The lowest BCUT2D eigenvalue weighted by Gasteiger charge is -2.10. The maximum Gasteiger partial charge on any atom is 0.261 e. The van der Waals surface area contributed by atoms with Crippen molar-refractivity contribution in [2.45, 2.75) is 16.7 Å². The number of sulfonamides is 1. The molecule has 31 heavy (non-hydrogen) atoms. The van der Waals surface area contributed by atoms with Gasteiger partial charge in [0.15, 0.2) is 11.6 Å². The number of halogens is 2. The summed E-state index contributed by atoms with van der Waals surface area (Å²) in [5, 5.41) is 2.81. The zero-order valence-electron chi connectivity index (χ0n) is 16.6. The van der Waals surface area contributed by atoms with E-state index in [4.69, 9.17) is 0 Å². The van der Waals surface area contributed by atoms with Gasteiger partial charge >= 0.3 is 0 Å². The first-order valence-electron chi connectivity index (χ1n) is 9.30. The molecule has 162 valence electrons. The third-order valence-corrected chi connectivity index (χ3v) is 6.67. The van der Waals surface area contributed by atoms with Gasteiger partial charge in [-0.2, -0.15) is 0 Å². The molecule has 3 rings (SSSR count). The maximum atomic E-state index is 13.3. The van der Waals surface area contributed by atoms with E-state index in [-0.39, 0.29) is 11.6 Å². The third kappa shape index (κ3) is 6.28. The van der Waals surface area contributed by atoms with E-state index in [0.717, 1.165) is 17.0 Å². The van der Waals surface area contributed by atoms with E-state index in [2.05, 4.69) is 10.0 Å². The minimum atomic E-state index is -4.09. The number of hydrogen-bond donors (Lipinski definition) is 2. The largest absolute Gasteiger partial charge is 0.351 e. The highest BCUT2D eigenvalue weighted by atomic mass is 32.2. The van der Waals surface area contributed by atoms with Gasteiger partial charge in [-0.1, -0.05) is 17.7 Å². The summed E-state index contributed by atoms with van der Waals surface area (Å²) in [4.78, 5) is 13.0. The van der Waals surface area contributed by atoms with E-state index in [0.29, 0.717) is 23.9 Å². The average Bonchev–Trinajstić information content (AvgIpc) is 2.74. The fourth-order valence-electron chi connectivity index (χ4n) is 2.62. The first-order valence-corrected chi connectivity index (χ1v) is 11.8. The van der Waals surface area contributed by atoms with Crippen molar-refractivity contribution < 1.29 is 22.0 Å². The van der Waals surface area contributed by atoms with Crippen LogP contribution in [-0.2, 0) is 10.0 Å². The number of benzene rings is 3. The third-order valence-electron chi connectivity index (χ3n) is 4.28. The van der Waals surface area contributed by atoms with E-state index in [1.165, 1.54) is 29.8 Å². The van der Waals surface area contributed by atoms with Crippen LogP contribution in [0.5, 0.6) is 0 Å². The molecule has 0 unspecified atom stereocenters. The number of rotatable bonds is 8. The Hall–Kier alpha value is -2.91. The normalized spacial score (nSPS) is 11.2. The van der Waals surface area contributed by atoms with Gasteiger partial charge in [0.2, 0.25) is 0 Å². The summed E-state index contributed by atoms with van der Waals surface area (Å²) in [5.74, 6) is -1.96. The molecule has 0 aliphatic rings. The van der Waals surface area contributed by atoms with Gasteiger partial charge < -0.3 is 5.32 Å². The van der Waals surface area contributed by atoms with E-state index in [9.17, 15) is 22.0 Å². The smallest absolute Gasteiger partial charge is 0.261 e. The fourth-order valence-corrected chi connectivity index (χ4v) is 4.46. The molecule has 1 amide bonds. The summed E-state index contributed by atoms with van der Waals surface area (Å²) < 4.78 is 53.2. The maximum absolute atomic E-state index is 13.3. The number of aryl methyl sites for hydroxylation is 1. The Morgan fingerprint density at radius 1 is 0.935 bits per heavy atom. The van der Waals surface area contributed by atoms with E-state index < -0.39 is 26.6 Å². The summed E-state index contributed by atoms with van der Waals surface area (Å²) in [6, 6.07) is 16.2. The van der Waals surface area contributed by atoms with Gasteiger partial charge in [0.1, 0.15) is 0 Å². The van der Waals surface area contributed by atoms with E-state index in [1.54, 1.807) is 11.8 Å². The molecule has 0 saturated carbocycles. The number of anilines is 1. The van der Waals surface area contributed by atoms with Crippen LogP contribution in [0.4, 0.5) is 14.5 Å². The molecule has 0 aliphatic carbocycles. The van der Waals surface area contributed by atoms with Gasteiger partial charge in [0.05, 0.1) is 4.90 Å². The van der Waals surface area contributed by atoms with Crippen molar-refractivity contribution in [1.29, 1.82) is 0 Å². The Morgan fingerprint density at radius 3 is 2.26 bits per heavy atom. The molecule has 5 nitrogen and oxygen atoms in total. The minimum Gasteiger partial charge on any atom is -0.351 e. The second kappa shape index (κ2) is 9.93. The molecule has 0 aliphatic heterocycles. The number of amides is 1. The van der Waals surface area contributed by atoms with Crippen LogP contribution in [0.2, 0.25) is 0 Å². The number of hydrogen-bond acceptors (Lipinski definition) is 4. The minimum absolute atomic E-state index is 0.191. The van der Waals surface area contributed by atoms with Crippen molar-refractivity contribution >= 4 is 33.4 Å². The van der Waals surface area contributed by atoms with Gasteiger partial charge in [-0.05, 0) is 61.5 Å². The van der Waals surface area contributed by atoms with Crippen LogP contribution in [0.3, 0.4) is 0 Å². The zero-order chi connectivity index (χ0) is 22.4. The molecule has 0 heterocycles. The molecule has 0 spiro atoms. The van der Waals surface area contributed by atoms with Crippen LogP contribution in [-0.4, -0.2) is 26.6 Å². The highest BCUT2D eigenvalue weighted by Gasteiger charge is 2.17. The standard InChI is InChI=1S/C22H20F2N2O3S2/c1-15-2-8-18(9-3-15)30-13-12-25-22(27)16-4-6-17(7-5-16)26-31(28,29)19-10-11-20(23)21(24)14-19/h2-11,14,26H,12-13H2,1H3,(H,25,27). The van der Waals surface area contributed by atoms with Gasteiger partial charge in [0.25, 0.3) is 15.9 Å². The molecule has 0 fully saturated rings. The van der Waals surface area contributed by atoms with Gasteiger partial charge in [-0.3, -0.25) is 9.52 Å². The van der Waals surface area contributed by atoms with Gasteiger partial charge in [0, 0.05) is 28.4 Å². The molecule has 3 aromatic carbocycles. The lowest BCUT2D eigenvalue weighted by atomic mass is 10.2. The van der Waals surface area contributed by atoms with E-state index in [1.807, 2.05) is 31.2 Å². The molecule has 0 atom stereocenters. The quantitative estimate of drug-likeness (QED) is 0.379. The van der Waals surface area contributed by atoms with Crippen molar-refractivity contribution in [3.05, 3.63) is 89.5 Å². The number of thioether (sulfide) groups is 1. The predicted octanol–water partition coefficient (Wildman–Crippen LogP) is 4.60. The number of carbonyl (C=O) groups is 1. The SMILES string of the molecule is Cc1ccc(SCCNC(=O)c2ccc(NS(=O)(=O)c3ccc(F)c(F)c3)cc2)cc1.